The lowest BCUT2D eigenvalue weighted by molar-refractivity contribution is -0.0398. The van der Waals surface area contributed by atoms with E-state index in [9.17, 15) is 9.59 Å². The van der Waals surface area contributed by atoms with Gasteiger partial charge in [-0.25, -0.2) is 0 Å². The van der Waals surface area contributed by atoms with E-state index < -0.39 is 0 Å². The molecule has 2 aromatic heterocycles. The molecule has 2 saturated carbocycles. The first-order chi connectivity index (χ1) is 28.1. The first kappa shape index (κ1) is 43.0. The largest absolute Gasteiger partial charge is 0.489 e. The van der Waals surface area contributed by atoms with Gasteiger partial charge in [-0.3, -0.25) is 9.59 Å². The van der Waals surface area contributed by atoms with Crippen molar-refractivity contribution in [2.24, 2.45) is 34.1 Å². The molecule has 316 valence electrons. The molecule has 0 radical (unpaired) electrons. The number of nitrogens with one attached hydrogen (secondary N) is 2. The molecule has 2 aliphatic heterocycles. The van der Waals surface area contributed by atoms with E-state index in [-0.39, 0.29) is 46.2 Å². The molecule has 2 unspecified atom stereocenters. The second-order valence-corrected chi connectivity index (χ2v) is 18.1. The first-order valence-electron chi connectivity index (χ1n) is 21.7. The molecule has 0 bridgehead atoms. The molecule has 2 aliphatic carbocycles. The van der Waals surface area contributed by atoms with Crippen molar-refractivity contribution in [2.45, 2.75) is 128 Å². The predicted molar refractivity (Wildman–Crippen MR) is 233 cm³/mol. The maximum absolute atomic E-state index is 12.0. The monoisotopic (exact) mass is 836 g/mol. The number of halogens is 2. The predicted octanol–water partition coefficient (Wildman–Crippen LogP) is 9.31. The summed E-state index contributed by atoms with van der Waals surface area (Å²) in [7, 11) is 0. The minimum absolute atomic E-state index is 0.129. The maximum atomic E-state index is 12.0. The van der Waals surface area contributed by atoms with Gasteiger partial charge < -0.3 is 40.4 Å². The van der Waals surface area contributed by atoms with E-state index in [1.807, 2.05) is 24.3 Å². The van der Waals surface area contributed by atoms with Crippen LogP contribution in [0.25, 0.3) is 21.5 Å². The van der Waals surface area contributed by atoms with Crippen molar-refractivity contribution >= 4 is 44.7 Å². The standard InChI is InChI=1S/2C23H31ClN2O3/c2*1-2-21(25)23(16-6-11-28-12-7-16)8-3-17(4-9-23)29-20-13-15-5-10-26-22(27)18(15)14-19(20)24/h2*5,10,13-14,16-17,21H,2-4,6-9,11-12,25H2,1H3,(H,26,27). The van der Waals surface area contributed by atoms with Gasteiger partial charge in [-0.2, -0.15) is 0 Å². The molecule has 4 aliphatic rings. The highest BCUT2D eigenvalue weighted by Gasteiger charge is 2.47. The Balaban J connectivity index is 0.000000177. The number of hydrogen-bond donors (Lipinski definition) is 4. The van der Waals surface area contributed by atoms with Gasteiger partial charge in [0, 0.05) is 61.7 Å². The Morgan fingerprint density at radius 1 is 0.638 bits per heavy atom. The van der Waals surface area contributed by atoms with Crippen LogP contribution in [0.2, 0.25) is 10.0 Å². The van der Waals surface area contributed by atoms with Crippen LogP contribution in [0.4, 0.5) is 0 Å². The van der Waals surface area contributed by atoms with Crippen LogP contribution in [0.1, 0.15) is 104 Å². The molecule has 12 heteroatoms. The van der Waals surface area contributed by atoms with Crippen molar-refractivity contribution in [3.05, 3.63) is 79.5 Å². The van der Waals surface area contributed by atoms with Crippen LogP contribution in [0.15, 0.2) is 58.4 Å². The van der Waals surface area contributed by atoms with Crippen molar-refractivity contribution in [1.82, 2.24) is 9.97 Å². The summed E-state index contributed by atoms with van der Waals surface area (Å²) in [6.45, 7) is 7.82. The van der Waals surface area contributed by atoms with E-state index in [1.165, 1.54) is 0 Å². The normalized spacial score (nSPS) is 27.1. The summed E-state index contributed by atoms with van der Waals surface area (Å²) < 4.78 is 23.8. The molecule has 0 amide bonds. The average Bonchev–Trinajstić information content (AvgIpc) is 3.26. The summed E-state index contributed by atoms with van der Waals surface area (Å²) in [5, 5.41) is 3.82. The van der Waals surface area contributed by atoms with Gasteiger partial charge >= 0.3 is 0 Å². The minimum atomic E-state index is -0.136. The molecule has 2 saturated heterocycles. The Kier molecular flexibility index (Phi) is 14.1. The van der Waals surface area contributed by atoms with Crippen LogP contribution in [0.3, 0.4) is 0 Å². The first-order valence-corrected chi connectivity index (χ1v) is 22.4. The van der Waals surface area contributed by atoms with Gasteiger partial charge in [0.15, 0.2) is 0 Å². The van der Waals surface area contributed by atoms with Crippen molar-refractivity contribution in [1.29, 1.82) is 0 Å². The Bertz CT molecular complexity index is 1950. The number of fused-ring (bicyclic) bond motifs is 2. The molecule has 0 spiro atoms. The summed E-state index contributed by atoms with van der Waals surface area (Å²) in [6, 6.07) is 11.4. The van der Waals surface area contributed by atoms with Gasteiger partial charge in [0.05, 0.1) is 22.3 Å². The molecular formula is C46H62Cl2N4O6. The highest BCUT2D eigenvalue weighted by molar-refractivity contribution is 6.33. The number of benzene rings is 2. The number of rotatable bonds is 10. The highest BCUT2D eigenvalue weighted by atomic mass is 35.5. The van der Waals surface area contributed by atoms with E-state index in [1.54, 1.807) is 24.5 Å². The second kappa shape index (κ2) is 19.1. The molecule has 6 N–H and O–H groups in total. The fourth-order valence-electron chi connectivity index (χ4n) is 10.9. The topological polar surface area (TPSA) is 155 Å². The SMILES string of the molecule is CCC(N)C1(C2CCOCC2)CCC(Oc2cc3cc[nH]c(=O)c3cc2Cl)CC1.CCC(N)C1(C2CCOCC2)CCC(Oc2cc3cc[nH]c(=O)c3cc2Cl)CC1. The number of ether oxygens (including phenoxy) is 4. The lowest BCUT2D eigenvalue weighted by Crippen LogP contribution is -2.51. The van der Waals surface area contributed by atoms with E-state index in [2.05, 4.69) is 23.8 Å². The van der Waals surface area contributed by atoms with Crippen LogP contribution in [0, 0.1) is 22.7 Å². The van der Waals surface area contributed by atoms with Crippen molar-refractivity contribution in [3.8, 4) is 11.5 Å². The zero-order valence-corrected chi connectivity index (χ0v) is 35.7. The molecule has 2 aromatic carbocycles. The molecule has 4 fully saturated rings. The Labute approximate surface area is 352 Å². The summed E-state index contributed by atoms with van der Waals surface area (Å²) >= 11 is 12.9. The summed E-state index contributed by atoms with van der Waals surface area (Å²) in [6.07, 6.45) is 18.3. The number of hydrogen-bond acceptors (Lipinski definition) is 8. The Hall–Kier alpha value is -3.12. The average molecular weight is 838 g/mol. The van der Waals surface area contributed by atoms with Crippen LogP contribution >= 0.6 is 23.2 Å². The third kappa shape index (κ3) is 9.13. The molecule has 4 heterocycles. The molecule has 4 aromatic rings. The number of nitrogens with two attached hydrogens (primary N) is 2. The van der Waals surface area contributed by atoms with Crippen LogP contribution in [0.5, 0.6) is 11.5 Å². The fourth-order valence-corrected chi connectivity index (χ4v) is 11.3. The molecule has 8 rings (SSSR count). The zero-order valence-electron chi connectivity index (χ0n) is 34.2. The van der Waals surface area contributed by atoms with E-state index in [4.69, 9.17) is 53.6 Å². The van der Waals surface area contributed by atoms with Crippen molar-refractivity contribution in [2.75, 3.05) is 26.4 Å². The molecule has 10 nitrogen and oxygen atoms in total. The number of H-pyrrole nitrogens is 2. The molecular weight excluding hydrogens is 775 g/mol. The van der Waals surface area contributed by atoms with Crippen LogP contribution in [-0.2, 0) is 9.47 Å². The van der Waals surface area contributed by atoms with E-state index in [0.29, 0.717) is 44.2 Å². The van der Waals surface area contributed by atoms with Gasteiger partial charge in [-0.15, -0.1) is 0 Å². The Morgan fingerprint density at radius 3 is 1.34 bits per heavy atom. The zero-order chi connectivity index (χ0) is 40.9. The van der Waals surface area contributed by atoms with Crippen LogP contribution < -0.4 is 32.1 Å². The summed E-state index contributed by atoms with van der Waals surface area (Å²) in [5.41, 5.74) is 13.5. The van der Waals surface area contributed by atoms with E-state index >= 15 is 0 Å². The summed E-state index contributed by atoms with van der Waals surface area (Å²) in [4.78, 5) is 29.3. The lowest BCUT2D eigenvalue weighted by atomic mass is 9.59. The molecule has 2 atom stereocenters. The number of aromatic amines is 2. The van der Waals surface area contributed by atoms with Gasteiger partial charge in [-0.1, -0.05) is 37.0 Å². The highest BCUT2D eigenvalue weighted by Crippen LogP contribution is 2.51. The van der Waals surface area contributed by atoms with Crippen molar-refractivity contribution in [3.63, 3.8) is 0 Å². The van der Waals surface area contributed by atoms with Gasteiger partial charge in [0.2, 0.25) is 0 Å². The number of pyridine rings is 2. The van der Waals surface area contributed by atoms with Crippen molar-refractivity contribution < 1.29 is 18.9 Å². The van der Waals surface area contributed by atoms with E-state index in [0.717, 1.165) is 127 Å². The van der Waals surface area contributed by atoms with Gasteiger partial charge in [0.1, 0.15) is 11.5 Å². The molecule has 58 heavy (non-hydrogen) atoms. The van der Waals surface area contributed by atoms with Gasteiger partial charge in [-0.05, 0) is 160 Å². The fraction of sp³-hybridized carbons (Fsp3) is 0.609. The van der Waals surface area contributed by atoms with Gasteiger partial charge in [0.25, 0.3) is 11.1 Å². The quantitative estimate of drug-likeness (QED) is 0.123. The Morgan fingerprint density at radius 2 is 1.00 bits per heavy atom. The summed E-state index contributed by atoms with van der Waals surface area (Å²) in [5.74, 6) is 2.60. The third-order valence-corrected chi connectivity index (χ3v) is 15.0. The smallest absolute Gasteiger partial charge is 0.255 e. The number of aromatic nitrogens is 2. The third-order valence-electron chi connectivity index (χ3n) is 14.4. The van der Waals surface area contributed by atoms with Crippen LogP contribution in [-0.4, -0.2) is 60.7 Å². The maximum Gasteiger partial charge on any atom is 0.255 e. The minimum Gasteiger partial charge on any atom is -0.489 e. The second-order valence-electron chi connectivity index (χ2n) is 17.3. The lowest BCUT2D eigenvalue weighted by Gasteiger charge is -2.50.